The third-order valence-electron chi connectivity index (χ3n) is 4.71. The minimum Gasteiger partial charge on any atom is -0.452 e. The van der Waals surface area contributed by atoms with E-state index >= 15 is 0 Å². The highest BCUT2D eigenvalue weighted by Gasteiger charge is 2.17. The van der Waals surface area contributed by atoms with Crippen LogP contribution in [0.25, 0.3) is 0 Å². The quantitative estimate of drug-likeness (QED) is 0.701. The Bertz CT molecular complexity index is 811. The van der Waals surface area contributed by atoms with Crippen LogP contribution in [0.5, 0.6) is 0 Å². The number of nitrogens with one attached hydrogen (secondary N) is 1. The number of aryl methyl sites for hydroxylation is 2. The number of amides is 1. The van der Waals surface area contributed by atoms with Gasteiger partial charge in [0.1, 0.15) is 0 Å². The first-order chi connectivity index (χ1) is 12.7. The minimum absolute atomic E-state index is 0.275. The molecule has 2 aromatic rings. The summed E-state index contributed by atoms with van der Waals surface area (Å²) < 4.78 is 5.21. The molecule has 0 atom stereocenters. The van der Waals surface area contributed by atoms with Gasteiger partial charge in [0.25, 0.3) is 5.91 Å². The summed E-state index contributed by atoms with van der Waals surface area (Å²) in [6.07, 6.45) is 0. The lowest BCUT2D eigenvalue weighted by atomic mass is 9.92. The molecule has 4 nitrogen and oxygen atoms in total. The van der Waals surface area contributed by atoms with Gasteiger partial charge in [0, 0.05) is 5.69 Å². The van der Waals surface area contributed by atoms with E-state index in [0.29, 0.717) is 5.56 Å². The topological polar surface area (TPSA) is 55.4 Å². The number of esters is 1. The molecule has 0 saturated carbocycles. The fraction of sp³-hybridized carbons (Fsp3) is 0.391. The van der Waals surface area contributed by atoms with Gasteiger partial charge in [-0.25, -0.2) is 4.79 Å². The third kappa shape index (κ3) is 5.19. The van der Waals surface area contributed by atoms with Crippen molar-refractivity contribution in [3.8, 4) is 0 Å². The van der Waals surface area contributed by atoms with Crippen LogP contribution in [-0.4, -0.2) is 18.5 Å². The Morgan fingerprint density at radius 2 is 1.52 bits per heavy atom. The van der Waals surface area contributed by atoms with Gasteiger partial charge >= 0.3 is 5.97 Å². The van der Waals surface area contributed by atoms with Gasteiger partial charge < -0.3 is 10.1 Å². The van der Waals surface area contributed by atoms with Crippen LogP contribution in [0, 0.1) is 13.8 Å². The number of para-hydroxylation sites is 1. The van der Waals surface area contributed by atoms with Gasteiger partial charge in [-0.15, -0.1) is 0 Å². The number of rotatable bonds is 6. The van der Waals surface area contributed by atoms with E-state index in [0.717, 1.165) is 27.9 Å². The van der Waals surface area contributed by atoms with Gasteiger partial charge in [0.2, 0.25) is 0 Å². The molecule has 0 unspecified atom stereocenters. The summed E-state index contributed by atoms with van der Waals surface area (Å²) in [5.74, 6) is -0.272. The van der Waals surface area contributed by atoms with Crippen molar-refractivity contribution in [2.75, 3.05) is 11.9 Å². The Morgan fingerprint density at radius 3 is 2.04 bits per heavy atom. The van der Waals surface area contributed by atoms with Crippen LogP contribution >= 0.6 is 0 Å². The molecule has 2 aromatic carbocycles. The highest BCUT2D eigenvalue weighted by Crippen LogP contribution is 2.32. The Labute approximate surface area is 161 Å². The van der Waals surface area contributed by atoms with Crippen molar-refractivity contribution in [1.29, 1.82) is 0 Å². The van der Waals surface area contributed by atoms with Crippen LogP contribution in [0.3, 0.4) is 0 Å². The van der Waals surface area contributed by atoms with E-state index in [1.165, 1.54) is 0 Å². The van der Waals surface area contributed by atoms with Crippen molar-refractivity contribution in [3.63, 3.8) is 0 Å². The molecule has 0 radical (unpaired) electrons. The lowest BCUT2D eigenvalue weighted by Gasteiger charge is -2.20. The standard InChI is InChI=1S/C23H29NO3/c1-14(2)19-8-7-9-20(15(3)4)22(19)24-21(25)13-27-23(26)18-11-10-16(5)17(6)12-18/h7-12,14-15H,13H2,1-6H3,(H,24,25). The zero-order valence-electron chi connectivity index (χ0n) is 17.1. The molecule has 144 valence electrons. The summed E-state index contributed by atoms with van der Waals surface area (Å²) in [6, 6.07) is 11.4. The number of benzene rings is 2. The zero-order chi connectivity index (χ0) is 20.1. The first-order valence-electron chi connectivity index (χ1n) is 9.37. The predicted octanol–water partition coefficient (Wildman–Crippen LogP) is 5.35. The molecule has 2 rings (SSSR count). The number of hydrogen-bond donors (Lipinski definition) is 1. The normalized spacial score (nSPS) is 11.0. The monoisotopic (exact) mass is 367 g/mol. The molecule has 0 spiro atoms. The maximum atomic E-state index is 12.4. The minimum atomic E-state index is -0.491. The summed E-state index contributed by atoms with van der Waals surface area (Å²) in [5.41, 5.74) is 5.56. The lowest BCUT2D eigenvalue weighted by Crippen LogP contribution is -2.22. The van der Waals surface area contributed by atoms with Gasteiger partial charge in [-0.3, -0.25) is 4.79 Å². The van der Waals surface area contributed by atoms with Gasteiger partial charge in [-0.2, -0.15) is 0 Å². The SMILES string of the molecule is Cc1ccc(C(=O)OCC(=O)Nc2c(C(C)C)cccc2C(C)C)cc1C. The number of ether oxygens (including phenoxy) is 1. The molecule has 0 bridgehead atoms. The van der Waals surface area contributed by atoms with Crippen molar-refractivity contribution in [3.05, 3.63) is 64.2 Å². The first kappa shape index (κ1) is 20.7. The molecular formula is C23H29NO3. The van der Waals surface area contributed by atoms with Crippen molar-refractivity contribution in [2.45, 2.75) is 53.4 Å². The fourth-order valence-electron chi connectivity index (χ4n) is 2.95. The number of carbonyl (C=O) groups excluding carboxylic acids is 2. The van der Waals surface area contributed by atoms with Gasteiger partial charge in [-0.05, 0) is 60.1 Å². The summed E-state index contributed by atoms with van der Waals surface area (Å²) >= 11 is 0. The summed E-state index contributed by atoms with van der Waals surface area (Å²) in [7, 11) is 0. The van der Waals surface area contributed by atoms with E-state index in [-0.39, 0.29) is 24.3 Å². The second-order valence-electron chi connectivity index (χ2n) is 7.54. The summed E-state index contributed by atoms with van der Waals surface area (Å²) in [4.78, 5) is 24.6. The highest BCUT2D eigenvalue weighted by atomic mass is 16.5. The Morgan fingerprint density at radius 1 is 0.926 bits per heavy atom. The number of carbonyl (C=O) groups is 2. The van der Waals surface area contributed by atoms with Crippen LogP contribution in [0.2, 0.25) is 0 Å². The van der Waals surface area contributed by atoms with Gasteiger partial charge in [-0.1, -0.05) is 52.0 Å². The molecular weight excluding hydrogens is 338 g/mol. The molecule has 0 fully saturated rings. The maximum Gasteiger partial charge on any atom is 0.338 e. The molecule has 0 aliphatic heterocycles. The summed E-state index contributed by atoms with van der Waals surface area (Å²) in [5, 5.41) is 2.95. The van der Waals surface area contributed by atoms with E-state index in [9.17, 15) is 9.59 Å². The number of hydrogen-bond acceptors (Lipinski definition) is 3. The van der Waals surface area contributed by atoms with Gasteiger partial charge in [0.15, 0.2) is 6.61 Å². The molecule has 0 heterocycles. The molecule has 0 aromatic heterocycles. The average Bonchev–Trinajstić information content (AvgIpc) is 2.61. The maximum absolute atomic E-state index is 12.4. The molecule has 0 aliphatic carbocycles. The molecule has 1 N–H and O–H groups in total. The van der Waals surface area contributed by atoms with E-state index < -0.39 is 5.97 Å². The van der Waals surface area contributed by atoms with Crippen LogP contribution in [-0.2, 0) is 9.53 Å². The molecule has 4 heteroatoms. The van der Waals surface area contributed by atoms with Crippen molar-refractivity contribution >= 4 is 17.6 Å². The van der Waals surface area contributed by atoms with Crippen LogP contribution in [0.4, 0.5) is 5.69 Å². The third-order valence-corrected chi connectivity index (χ3v) is 4.71. The molecule has 0 saturated heterocycles. The average molecular weight is 367 g/mol. The molecule has 27 heavy (non-hydrogen) atoms. The predicted molar refractivity (Wildman–Crippen MR) is 109 cm³/mol. The van der Waals surface area contributed by atoms with E-state index in [4.69, 9.17) is 4.74 Å². The van der Waals surface area contributed by atoms with Crippen molar-refractivity contribution < 1.29 is 14.3 Å². The van der Waals surface area contributed by atoms with Crippen LogP contribution in [0.1, 0.15) is 72.1 Å². The van der Waals surface area contributed by atoms with Crippen molar-refractivity contribution in [2.24, 2.45) is 0 Å². The van der Waals surface area contributed by atoms with E-state index in [2.05, 4.69) is 33.0 Å². The second-order valence-corrected chi connectivity index (χ2v) is 7.54. The lowest BCUT2D eigenvalue weighted by molar-refractivity contribution is -0.119. The Hall–Kier alpha value is -2.62. The largest absolute Gasteiger partial charge is 0.452 e. The van der Waals surface area contributed by atoms with Gasteiger partial charge in [0.05, 0.1) is 5.56 Å². The van der Waals surface area contributed by atoms with E-state index in [1.54, 1.807) is 12.1 Å². The van der Waals surface area contributed by atoms with E-state index in [1.807, 2.05) is 38.1 Å². The van der Waals surface area contributed by atoms with Crippen LogP contribution < -0.4 is 5.32 Å². The zero-order valence-corrected chi connectivity index (χ0v) is 17.1. The Balaban J connectivity index is 2.09. The second kappa shape index (κ2) is 8.85. The first-order valence-corrected chi connectivity index (χ1v) is 9.37. The Kier molecular flexibility index (Phi) is 6.78. The smallest absolute Gasteiger partial charge is 0.338 e. The summed E-state index contributed by atoms with van der Waals surface area (Å²) in [6.45, 7) is 12.0. The molecule has 1 amide bonds. The fourth-order valence-corrected chi connectivity index (χ4v) is 2.95. The highest BCUT2D eigenvalue weighted by molar-refractivity contribution is 5.96. The van der Waals surface area contributed by atoms with Crippen LogP contribution in [0.15, 0.2) is 36.4 Å². The van der Waals surface area contributed by atoms with Crippen molar-refractivity contribution in [1.82, 2.24) is 0 Å². The number of anilines is 1. The molecule has 0 aliphatic rings.